The third-order valence-corrected chi connectivity index (χ3v) is 4.42. The summed E-state index contributed by atoms with van der Waals surface area (Å²) in [5, 5.41) is 13.9. The van der Waals surface area contributed by atoms with Gasteiger partial charge in [0.25, 0.3) is 0 Å². The molecule has 26 heavy (non-hydrogen) atoms. The van der Waals surface area contributed by atoms with Crippen LogP contribution in [0, 0.1) is 0 Å². The van der Waals surface area contributed by atoms with Crippen molar-refractivity contribution < 1.29 is 4.74 Å². The number of azo groups is 1. The first-order valence-electron chi connectivity index (χ1n) is 9.16. The molecule has 2 aromatic rings. The Balaban J connectivity index is 2.01. The van der Waals surface area contributed by atoms with E-state index in [1.807, 2.05) is 28.9 Å². The molecule has 6 nitrogen and oxygen atoms in total. The molecule has 0 N–H and O–H groups in total. The Morgan fingerprint density at radius 1 is 1.19 bits per heavy atom. The van der Waals surface area contributed by atoms with E-state index in [9.17, 15) is 0 Å². The molecule has 0 fully saturated rings. The van der Waals surface area contributed by atoms with Crippen LogP contribution in [0.4, 0.5) is 11.4 Å². The van der Waals surface area contributed by atoms with Crippen molar-refractivity contribution in [2.45, 2.75) is 58.9 Å². The fourth-order valence-electron chi connectivity index (χ4n) is 2.98. The van der Waals surface area contributed by atoms with Crippen LogP contribution in [0.2, 0.25) is 0 Å². The molecule has 6 heteroatoms. The van der Waals surface area contributed by atoms with Crippen LogP contribution in [0.5, 0.6) is 5.75 Å². The molecule has 0 radical (unpaired) electrons. The Bertz CT molecular complexity index is 842. The van der Waals surface area contributed by atoms with Gasteiger partial charge in [0, 0.05) is 11.8 Å². The molecule has 0 saturated heterocycles. The molecular formula is C20H27N5O. The molecule has 0 atom stereocenters. The second-order valence-electron chi connectivity index (χ2n) is 7.51. The molecule has 1 aliphatic rings. The van der Waals surface area contributed by atoms with E-state index in [1.165, 1.54) is 0 Å². The van der Waals surface area contributed by atoms with E-state index in [1.54, 1.807) is 7.11 Å². The van der Waals surface area contributed by atoms with Crippen LogP contribution >= 0.6 is 0 Å². The summed E-state index contributed by atoms with van der Waals surface area (Å²) in [6.07, 6.45) is 3.20. The summed E-state index contributed by atoms with van der Waals surface area (Å²) in [5.41, 5.74) is 3.40. The standard InChI is InChI=1S/C20H27N5O/c1-6-7-12-17-21-13-15-18(19(20(2,3)4)24-25(15)17)23-22-14-10-8-9-11-16(14)26-5/h8-11H,6-7,12-13H2,1-5H3. The molecule has 1 aromatic heterocycles. The number of para-hydroxylation sites is 1. The van der Waals surface area contributed by atoms with Crippen LogP contribution < -0.4 is 4.74 Å². The fourth-order valence-corrected chi connectivity index (χ4v) is 2.98. The molecule has 138 valence electrons. The number of aliphatic imine (C=N–C) groups is 1. The number of unbranched alkanes of at least 4 members (excludes halogenated alkanes) is 1. The molecular weight excluding hydrogens is 326 g/mol. The van der Waals surface area contributed by atoms with E-state index < -0.39 is 0 Å². The Labute approximate surface area is 155 Å². The first-order chi connectivity index (χ1) is 12.5. The van der Waals surface area contributed by atoms with Crippen LogP contribution in [-0.2, 0) is 12.0 Å². The van der Waals surface area contributed by atoms with Crippen LogP contribution in [-0.4, -0.2) is 22.7 Å². The summed E-state index contributed by atoms with van der Waals surface area (Å²) in [6.45, 7) is 9.25. The molecule has 2 heterocycles. The van der Waals surface area contributed by atoms with Gasteiger partial charge in [0.15, 0.2) is 0 Å². The highest BCUT2D eigenvalue weighted by Gasteiger charge is 2.30. The van der Waals surface area contributed by atoms with Gasteiger partial charge in [0.2, 0.25) is 0 Å². The van der Waals surface area contributed by atoms with Gasteiger partial charge in [-0.2, -0.15) is 5.10 Å². The fraction of sp³-hybridized carbons (Fsp3) is 0.500. The lowest BCUT2D eigenvalue weighted by Crippen LogP contribution is -2.16. The first kappa shape index (κ1) is 18.3. The Hall–Kier alpha value is -2.50. The summed E-state index contributed by atoms with van der Waals surface area (Å²) >= 11 is 0. The van der Waals surface area contributed by atoms with Crippen molar-refractivity contribution in [1.82, 2.24) is 9.78 Å². The lowest BCUT2D eigenvalue weighted by molar-refractivity contribution is 0.416. The highest BCUT2D eigenvalue weighted by atomic mass is 16.5. The quantitative estimate of drug-likeness (QED) is 0.639. The molecule has 0 amide bonds. The van der Waals surface area contributed by atoms with Gasteiger partial charge in [-0.3, -0.25) is 4.99 Å². The van der Waals surface area contributed by atoms with Crippen LogP contribution in [0.1, 0.15) is 58.3 Å². The zero-order chi connectivity index (χ0) is 18.7. The van der Waals surface area contributed by atoms with Gasteiger partial charge < -0.3 is 4.74 Å². The number of ether oxygens (including phenoxy) is 1. The molecule has 0 saturated carbocycles. The van der Waals surface area contributed by atoms with Crippen LogP contribution in [0.15, 0.2) is 39.5 Å². The van der Waals surface area contributed by atoms with Gasteiger partial charge >= 0.3 is 0 Å². The van der Waals surface area contributed by atoms with Gasteiger partial charge in [0.05, 0.1) is 25.0 Å². The Morgan fingerprint density at radius 2 is 1.96 bits per heavy atom. The lowest BCUT2D eigenvalue weighted by Gasteiger charge is -2.16. The zero-order valence-electron chi connectivity index (χ0n) is 16.3. The minimum atomic E-state index is -0.123. The third kappa shape index (κ3) is 3.54. The number of benzene rings is 1. The van der Waals surface area contributed by atoms with E-state index in [0.717, 1.165) is 42.2 Å². The van der Waals surface area contributed by atoms with Crippen LogP contribution in [0.25, 0.3) is 0 Å². The maximum atomic E-state index is 5.37. The summed E-state index contributed by atoms with van der Waals surface area (Å²) in [4.78, 5) is 4.66. The van der Waals surface area contributed by atoms with Gasteiger partial charge in [-0.1, -0.05) is 46.2 Å². The predicted octanol–water partition coefficient (Wildman–Crippen LogP) is 5.56. The number of methoxy groups -OCH3 is 1. The van der Waals surface area contributed by atoms with E-state index in [4.69, 9.17) is 9.84 Å². The van der Waals surface area contributed by atoms with Gasteiger partial charge in [-0.15, -0.1) is 10.2 Å². The molecule has 0 spiro atoms. The first-order valence-corrected chi connectivity index (χ1v) is 9.16. The molecule has 0 unspecified atom stereocenters. The highest BCUT2D eigenvalue weighted by Crippen LogP contribution is 2.38. The van der Waals surface area contributed by atoms with Crippen molar-refractivity contribution in [3.05, 3.63) is 35.7 Å². The van der Waals surface area contributed by atoms with E-state index in [2.05, 4.69) is 42.9 Å². The SMILES string of the molecule is CCCCC1=NCc2c(N=Nc3ccccc3OC)c(C(C)(C)C)nn21. The molecule has 1 aromatic carbocycles. The topological polar surface area (TPSA) is 64.1 Å². The Kier molecular flexibility index (Phi) is 5.20. The van der Waals surface area contributed by atoms with Crippen LogP contribution in [0.3, 0.4) is 0 Å². The van der Waals surface area contributed by atoms with E-state index in [-0.39, 0.29) is 5.41 Å². The number of fused-ring (bicyclic) bond motifs is 1. The summed E-state index contributed by atoms with van der Waals surface area (Å²) in [5.74, 6) is 1.74. The second-order valence-corrected chi connectivity index (χ2v) is 7.51. The summed E-state index contributed by atoms with van der Waals surface area (Å²) in [7, 11) is 1.64. The predicted molar refractivity (Wildman–Crippen MR) is 104 cm³/mol. The van der Waals surface area contributed by atoms with Crippen molar-refractivity contribution in [3.8, 4) is 5.75 Å². The minimum Gasteiger partial charge on any atom is -0.494 e. The van der Waals surface area contributed by atoms with E-state index in [0.29, 0.717) is 18.0 Å². The zero-order valence-corrected chi connectivity index (χ0v) is 16.3. The number of nitrogens with zero attached hydrogens (tertiary/aromatic N) is 5. The Morgan fingerprint density at radius 3 is 2.65 bits per heavy atom. The third-order valence-electron chi connectivity index (χ3n) is 4.42. The maximum absolute atomic E-state index is 5.37. The van der Waals surface area contributed by atoms with Gasteiger partial charge in [0.1, 0.15) is 23.0 Å². The second kappa shape index (κ2) is 7.40. The monoisotopic (exact) mass is 353 g/mol. The average molecular weight is 353 g/mol. The van der Waals surface area contributed by atoms with Crippen molar-refractivity contribution in [2.24, 2.45) is 15.2 Å². The summed E-state index contributed by atoms with van der Waals surface area (Å²) < 4.78 is 7.35. The number of hydrogen-bond acceptors (Lipinski definition) is 5. The number of aromatic nitrogens is 2. The molecule has 3 rings (SSSR count). The van der Waals surface area contributed by atoms with E-state index >= 15 is 0 Å². The summed E-state index contributed by atoms with van der Waals surface area (Å²) in [6, 6.07) is 7.62. The number of rotatable bonds is 6. The molecule has 0 bridgehead atoms. The maximum Gasteiger partial charge on any atom is 0.146 e. The van der Waals surface area contributed by atoms with Crippen molar-refractivity contribution in [2.75, 3.05) is 7.11 Å². The number of hydrogen-bond donors (Lipinski definition) is 0. The smallest absolute Gasteiger partial charge is 0.146 e. The van der Waals surface area contributed by atoms with Gasteiger partial charge in [-0.25, -0.2) is 4.68 Å². The normalized spacial score (nSPS) is 14.0. The van der Waals surface area contributed by atoms with Crippen molar-refractivity contribution in [3.63, 3.8) is 0 Å². The molecule has 0 aliphatic carbocycles. The van der Waals surface area contributed by atoms with Crippen molar-refractivity contribution in [1.29, 1.82) is 0 Å². The van der Waals surface area contributed by atoms with Crippen molar-refractivity contribution >= 4 is 17.2 Å². The lowest BCUT2D eigenvalue weighted by atomic mass is 9.91. The largest absolute Gasteiger partial charge is 0.494 e. The molecule has 1 aliphatic heterocycles. The average Bonchev–Trinajstić information content (AvgIpc) is 3.17. The van der Waals surface area contributed by atoms with Gasteiger partial charge in [-0.05, 0) is 18.6 Å². The highest BCUT2D eigenvalue weighted by molar-refractivity contribution is 5.87. The minimum absolute atomic E-state index is 0.123.